The molecule has 1 rings (SSSR count). The molecular weight excluding hydrogens is 293 g/mol. The van der Waals surface area contributed by atoms with Crippen molar-refractivity contribution in [3.63, 3.8) is 0 Å². The number of aromatic nitrogens is 2. The summed E-state index contributed by atoms with van der Waals surface area (Å²) in [6.45, 7) is -0.417. The number of carbonyl (C=O) groups excluding carboxylic acids is 1. The van der Waals surface area contributed by atoms with Gasteiger partial charge in [0, 0.05) is 0 Å². The maximum atomic E-state index is 12.0. The molecule has 0 fully saturated rings. The van der Waals surface area contributed by atoms with Gasteiger partial charge in [0.1, 0.15) is 0 Å². The van der Waals surface area contributed by atoms with Gasteiger partial charge in [-0.2, -0.15) is 18.3 Å². The number of ether oxygens (including phenoxy) is 1. The van der Waals surface area contributed by atoms with Gasteiger partial charge in [-0.05, 0) is 15.9 Å². The normalized spacial score (nSPS) is 11.6. The van der Waals surface area contributed by atoms with Crippen molar-refractivity contribution in [3.05, 3.63) is 16.4 Å². The Morgan fingerprint density at radius 1 is 1.62 bits per heavy atom. The SMILES string of the molecule is COC(=O)c1c(Br)cnn1CCC(F)(F)F. The van der Waals surface area contributed by atoms with Crippen LogP contribution in [0.3, 0.4) is 0 Å². The van der Waals surface area contributed by atoms with E-state index in [-0.39, 0.29) is 5.69 Å². The minimum atomic E-state index is -4.29. The van der Waals surface area contributed by atoms with Gasteiger partial charge in [-0.15, -0.1) is 0 Å². The Hall–Kier alpha value is -1.05. The predicted octanol–water partition coefficient (Wildman–Crippen LogP) is 2.38. The molecule has 0 aliphatic heterocycles. The summed E-state index contributed by atoms with van der Waals surface area (Å²) >= 11 is 3.01. The molecule has 1 aromatic heterocycles. The Morgan fingerprint density at radius 3 is 2.75 bits per heavy atom. The number of halogens is 4. The second-order valence-electron chi connectivity index (χ2n) is 2.92. The van der Waals surface area contributed by atoms with E-state index in [9.17, 15) is 18.0 Å². The summed E-state index contributed by atoms with van der Waals surface area (Å²) in [5.41, 5.74) is -0.0215. The van der Waals surface area contributed by atoms with E-state index in [4.69, 9.17) is 0 Å². The van der Waals surface area contributed by atoms with Gasteiger partial charge in [-0.1, -0.05) is 0 Å². The van der Waals surface area contributed by atoms with Crippen molar-refractivity contribution in [2.45, 2.75) is 19.1 Å². The van der Waals surface area contributed by atoms with Crippen LogP contribution in [-0.2, 0) is 11.3 Å². The maximum absolute atomic E-state index is 12.0. The summed E-state index contributed by atoms with van der Waals surface area (Å²) in [5.74, 6) is -0.730. The van der Waals surface area contributed by atoms with Crippen molar-refractivity contribution in [1.29, 1.82) is 0 Å². The van der Waals surface area contributed by atoms with Crippen LogP contribution in [0.2, 0.25) is 0 Å². The smallest absolute Gasteiger partial charge is 0.390 e. The first-order valence-corrected chi connectivity index (χ1v) is 5.01. The highest BCUT2D eigenvalue weighted by Gasteiger charge is 2.28. The maximum Gasteiger partial charge on any atom is 0.390 e. The number of rotatable bonds is 3. The first-order valence-electron chi connectivity index (χ1n) is 4.21. The predicted molar refractivity (Wildman–Crippen MR) is 51.9 cm³/mol. The van der Waals surface area contributed by atoms with E-state index < -0.39 is 25.1 Å². The molecule has 16 heavy (non-hydrogen) atoms. The molecule has 0 saturated carbocycles. The molecule has 0 saturated heterocycles. The summed E-state index contributed by atoms with van der Waals surface area (Å²) in [7, 11) is 1.15. The zero-order valence-electron chi connectivity index (χ0n) is 8.21. The van der Waals surface area contributed by atoms with Crippen molar-refractivity contribution >= 4 is 21.9 Å². The van der Waals surface area contributed by atoms with Crippen LogP contribution in [0.5, 0.6) is 0 Å². The third-order valence-corrected chi connectivity index (χ3v) is 2.36. The van der Waals surface area contributed by atoms with Gasteiger partial charge in [0.25, 0.3) is 0 Å². The van der Waals surface area contributed by atoms with E-state index in [2.05, 4.69) is 25.8 Å². The highest BCUT2D eigenvalue weighted by Crippen LogP contribution is 2.22. The fourth-order valence-corrected chi connectivity index (χ4v) is 1.52. The number of hydrogen-bond donors (Lipinski definition) is 0. The number of hydrogen-bond acceptors (Lipinski definition) is 3. The summed E-state index contributed by atoms with van der Waals surface area (Å²) in [6.07, 6.45) is -4.08. The number of methoxy groups -OCH3 is 1. The van der Waals surface area contributed by atoms with Gasteiger partial charge in [-0.25, -0.2) is 4.79 Å². The van der Waals surface area contributed by atoms with Crippen molar-refractivity contribution in [2.75, 3.05) is 7.11 Å². The molecule has 0 unspecified atom stereocenters. The van der Waals surface area contributed by atoms with Gasteiger partial charge in [-0.3, -0.25) is 4.68 Å². The monoisotopic (exact) mass is 300 g/mol. The lowest BCUT2D eigenvalue weighted by atomic mass is 10.4. The van der Waals surface area contributed by atoms with Crippen LogP contribution in [0.25, 0.3) is 0 Å². The van der Waals surface area contributed by atoms with Crippen molar-refractivity contribution in [2.24, 2.45) is 0 Å². The molecule has 0 N–H and O–H groups in total. The van der Waals surface area contributed by atoms with Crippen molar-refractivity contribution in [3.8, 4) is 0 Å². The average molecular weight is 301 g/mol. The summed E-state index contributed by atoms with van der Waals surface area (Å²) in [6, 6.07) is 0. The van der Waals surface area contributed by atoms with Crippen LogP contribution < -0.4 is 0 Å². The van der Waals surface area contributed by atoms with Crippen LogP contribution in [0.1, 0.15) is 16.9 Å². The summed E-state index contributed by atoms with van der Waals surface area (Å²) in [5, 5.41) is 3.66. The van der Waals surface area contributed by atoms with Gasteiger partial charge >= 0.3 is 12.1 Å². The fraction of sp³-hybridized carbons (Fsp3) is 0.500. The molecule has 0 aromatic carbocycles. The Kier molecular flexibility index (Phi) is 3.95. The van der Waals surface area contributed by atoms with E-state index in [0.29, 0.717) is 4.47 Å². The number of aryl methyl sites for hydroxylation is 1. The van der Waals surface area contributed by atoms with Crippen LogP contribution in [0.15, 0.2) is 10.7 Å². The summed E-state index contributed by atoms with van der Waals surface area (Å²) < 4.78 is 41.7. The third kappa shape index (κ3) is 3.22. The summed E-state index contributed by atoms with van der Waals surface area (Å²) in [4.78, 5) is 11.2. The minimum Gasteiger partial charge on any atom is -0.464 e. The van der Waals surface area contributed by atoms with Gasteiger partial charge < -0.3 is 4.74 Å². The Labute approximate surface area is 97.5 Å². The lowest BCUT2D eigenvalue weighted by Gasteiger charge is -2.08. The van der Waals surface area contributed by atoms with Crippen LogP contribution in [-0.4, -0.2) is 29.0 Å². The molecule has 0 aliphatic rings. The molecule has 0 atom stereocenters. The molecule has 1 aromatic rings. The van der Waals surface area contributed by atoms with E-state index in [1.807, 2.05) is 0 Å². The van der Waals surface area contributed by atoms with E-state index in [1.165, 1.54) is 6.20 Å². The average Bonchev–Trinajstić information content (AvgIpc) is 2.54. The molecule has 0 aliphatic carbocycles. The Balaban J connectivity index is 2.85. The second kappa shape index (κ2) is 4.86. The van der Waals surface area contributed by atoms with E-state index in [0.717, 1.165) is 11.8 Å². The number of carbonyl (C=O) groups is 1. The molecule has 90 valence electrons. The molecule has 4 nitrogen and oxygen atoms in total. The zero-order chi connectivity index (χ0) is 12.3. The molecule has 8 heteroatoms. The first kappa shape index (κ1) is 13.0. The van der Waals surface area contributed by atoms with Crippen LogP contribution in [0, 0.1) is 0 Å². The van der Waals surface area contributed by atoms with Crippen LogP contribution in [0.4, 0.5) is 13.2 Å². The lowest BCUT2D eigenvalue weighted by molar-refractivity contribution is -0.137. The highest BCUT2D eigenvalue weighted by atomic mass is 79.9. The third-order valence-electron chi connectivity index (χ3n) is 1.78. The van der Waals surface area contributed by atoms with E-state index in [1.54, 1.807) is 0 Å². The molecule has 0 bridgehead atoms. The van der Waals surface area contributed by atoms with Gasteiger partial charge in [0.15, 0.2) is 5.69 Å². The highest BCUT2D eigenvalue weighted by molar-refractivity contribution is 9.10. The van der Waals surface area contributed by atoms with E-state index >= 15 is 0 Å². The zero-order valence-corrected chi connectivity index (χ0v) is 9.80. The van der Waals surface area contributed by atoms with Crippen molar-refractivity contribution < 1.29 is 22.7 Å². The van der Waals surface area contributed by atoms with Gasteiger partial charge in [0.2, 0.25) is 0 Å². The number of esters is 1. The van der Waals surface area contributed by atoms with Crippen molar-refractivity contribution in [1.82, 2.24) is 9.78 Å². The molecule has 1 heterocycles. The second-order valence-corrected chi connectivity index (χ2v) is 3.78. The fourth-order valence-electron chi connectivity index (χ4n) is 1.06. The largest absolute Gasteiger partial charge is 0.464 e. The standard InChI is InChI=1S/C8H8BrF3N2O2/c1-16-7(15)6-5(9)4-13-14(6)3-2-8(10,11)12/h4H,2-3H2,1H3. The topological polar surface area (TPSA) is 44.1 Å². The minimum absolute atomic E-state index is 0.0215. The van der Waals surface area contributed by atoms with Gasteiger partial charge in [0.05, 0.1) is 30.7 Å². The van der Waals surface area contributed by atoms with Crippen LogP contribution >= 0.6 is 15.9 Å². The molecule has 0 radical (unpaired) electrons. The number of nitrogens with zero attached hydrogens (tertiary/aromatic N) is 2. The first-order chi connectivity index (χ1) is 7.35. The number of alkyl halides is 3. The molecule has 0 amide bonds. The Morgan fingerprint density at radius 2 is 2.25 bits per heavy atom. The molecular formula is C8H8BrF3N2O2. The lowest BCUT2D eigenvalue weighted by Crippen LogP contribution is -2.17. The quantitative estimate of drug-likeness (QED) is 0.805. The Bertz CT molecular complexity index is 389. The molecule has 0 spiro atoms.